The third-order valence-electron chi connectivity index (χ3n) is 5.78. The third kappa shape index (κ3) is 4.78. The van der Waals surface area contributed by atoms with Gasteiger partial charge in [-0.3, -0.25) is 0 Å². The molecular formula is C27H22N2O6S. The number of hydrogen-bond acceptors (Lipinski definition) is 7. The van der Waals surface area contributed by atoms with E-state index in [1.54, 1.807) is 18.2 Å². The van der Waals surface area contributed by atoms with Crippen LogP contribution >= 0.6 is 0 Å². The third-order valence-corrected chi connectivity index (χ3v) is 7.48. The van der Waals surface area contributed by atoms with Crippen LogP contribution in [0, 0.1) is 0 Å². The van der Waals surface area contributed by atoms with Gasteiger partial charge in [0.2, 0.25) is 0 Å². The van der Waals surface area contributed by atoms with Crippen molar-refractivity contribution < 1.29 is 27.5 Å². The van der Waals surface area contributed by atoms with Crippen molar-refractivity contribution in [3.8, 4) is 5.75 Å². The predicted molar refractivity (Wildman–Crippen MR) is 134 cm³/mol. The summed E-state index contributed by atoms with van der Waals surface area (Å²) in [6.45, 7) is 2.14. The molecule has 5 rings (SSSR count). The highest BCUT2D eigenvalue weighted by Crippen LogP contribution is 2.26. The molecular weight excluding hydrogens is 480 g/mol. The van der Waals surface area contributed by atoms with Gasteiger partial charge < -0.3 is 14.3 Å². The summed E-state index contributed by atoms with van der Waals surface area (Å²) in [7, 11) is -3.67. The van der Waals surface area contributed by atoms with Crippen LogP contribution < -0.4 is 4.74 Å². The Balaban J connectivity index is 1.31. The summed E-state index contributed by atoms with van der Waals surface area (Å²) >= 11 is 0. The first-order valence-electron chi connectivity index (χ1n) is 11.3. The molecule has 1 N–H and O–H groups in total. The minimum absolute atomic E-state index is 0.153. The van der Waals surface area contributed by atoms with Gasteiger partial charge in [0.1, 0.15) is 17.9 Å². The molecule has 8 nitrogen and oxygen atoms in total. The van der Waals surface area contributed by atoms with E-state index in [2.05, 4.69) is 9.97 Å². The molecule has 0 saturated heterocycles. The van der Waals surface area contributed by atoms with Crippen molar-refractivity contribution in [2.24, 2.45) is 0 Å². The van der Waals surface area contributed by atoms with Crippen LogP contribution in [-0.2, 0) is 28.6 Å². The molecule has 0 unspecified atom stereocenters. The minimum atomic E-state index is -3.67. The molecule has 0 aliphatic carbocycles. The first kappa shape index (κ1) is 23.5. The van der Waals surface area contributed by atoms with Crippen LogP contribution in [0.3, 0.4) is 0 Å². The molecule has 182 valence electrons. The summed E-state index contributed by atoms with van der Waals surface area (Å²) in [5.41, 5.74) is 3.55. The van der Waals surface area contributed by atoms with Crippen molar-refractivity contribution in [2.75, 3.05) is 0 Å². The Kier molecular flexibility index (Phi) is 6.15. The number of fused-ring (bicyclic) bond motifs is 2. The SMILES string of the molecule is CCc1cc(CS(=O)(=O)c2ccc(OCc3ccc4ccccc4n3)cc2)cc2oc(C(=O)O)nc12. The van der Waals surface area contributed by atoms with Crippen molar-refractivity contribution in [3.63, 3.8) is 0 Å². The molecule has 0 spiro atoms. The molecule has 0 aliphatic rings. The molecule has 5 aromatic rings. The fraction of sp³-hybridized carbons (Fsp3) is 0.148. The number of oxazole rings is 1. The van der Waals surface area contributed by atoms with Gasteiger partial charge in [-0.15, -0.1) is 0 Å². The number of aromatic nitrogens is 2. The van der Waals surface area contributed by atoms with Crippen molar-refractivity contribution in [2.45, 2.75) is 30.6 Å². The zero-order valence-corrected chi connectivity index (χ0v) is 20.2. The van der Waals surface area contributed by atoms with Crippen molar-refractivity contribution in [1.29, 1.82) is 0 Å². The molecule has 0 saturated carbocycles. The molecule has 0 aliphatic heterocycles. The number of aryl methyl sites for hydroxylation is 1. The van der Waals surface area contributed by atoms with Crippen molar-refractivity contribution in [3.05, 3.63) is 95.5 Å². The predicted octanol–water partition coefficient (Wildman–Crippen LogP) is 5.19. The normalized spacial score (nSPS) is 11.7. The number of carboxylic acid groups (broad SMARTS) is 1. The fourth-order valence-electron chi connectivity index (χ4n) is 4.00. The van der Waals surface area contributed by atoms with Crippen molar-refractivity contribution in [1.82, 2.24) is 9.97 Å². The number of para-hydroxylation sites is 1. The van der Waals surface area contributed by atoms with Gasteiger partial charge in [-0.25, -0.2) is 23.2 Å². The Labute approximate surface area is 207 Å². The maximum atomic E-state index is 13.1. The second kappa shape index (κ2) is 9.43. The van der Waals surface area contributed by atoms with E-state index >= 15 is 0 Å². The molecule has 0 radical (unpaired) electrons. The number of aromatic carboxylic acids is 1. The Morgan fingerprint density at radius 2 is 1.78 bits per heavy atom. The number of benzene rings is 3. The molecule has 0 bridgehead atoms. The second-order valence-electron chi connectivity index (χ2n) is 8.29. The average Bonchev–Trinajstić information content (AvgIpc) is 3.31. The maximum Gasteiger partial charge on any atom is 0.392 e. The number of hydrogen-bond donors (Lipinski definition) is 1. The molecule has 0 fully saturated rings. The molecule has 2 heterocycles. The smallest absolute Gasteiger partial charge is 0.392 e. The monoisotopic (exact) mass is 502 g/mol. The van der Waals surface area contributed by atoms with Gasteiger partial charge in [0.15, 0.2) is 15.4 Å². The van der Waals surface area contributed by atoms with E-state index in [0.717, 1.165) is 22.2 Å². The first-order chi connectivity index (χ1) is 17.3. The van der Waals surface area contributed by atoms with E-state index in [1.165, 1.54) is 18.2 Å². The molecule has 0 atom stereocenters. The maximum absolute atomic E-state index is 13.1. The lowest BCUT2D eigenvalue weighted by atomic mass is 10.1. The Bertz CT molecular complexity index is 1690. The van der Waals surface area contributed by atoms with Gasteiger partial charge in [-0.05, 0) is 60.0 Å². The van der Waals surface area contributed by atoms with Crippen LogP contribution in [0.4, 0.5) is 0 Å². The van der Waals surface area contributed by atoms with Crippen molar-refractivity contribution >= 4 is 37.8 Å². The number of nitrogens with zero attached hydrogens (tertiary/aromatic N) is 2. The number of sulfone groups is 1. The van der Waals surface area contributed by atoms with Gasteiger partial charge in [-0.1, -0.05) is 37.3 Å². The van der Waals surface area contributed by atoms with Crippen LogP contribution in [0.1, 0.15) is 34.4 Å². The highest BCUT2D eigenvalue weighted by atomic mass is 32.2. The quantitative estimate of drug-likeness (QED) is 0.308. The topological polar surface area (TPSA) is 120 Å². The molecule has 0 amide bonds. The zero-order valence-electron chi connectivity index (χ0n) is 19.3. The summed E-state index contributed by atoms with van der Waals surface area (Å²) in [5.74, 6) is -1.43. The van der Waals surface area contributed by atoms with Crippen LogP contribution in [0.2, 0.25) is 0 Å². The minimum Gasteiger partial charge on any atom is -0.487 e. The fourth-order valence-corrected chi connectivity index (χ4v) is 5.32. The molecule has 36 heavy (non-hydrogen) atoms. The number of pyridine rings is 1. The lowest BCUT2D eigenvalue weighted by Crippen LogP contribution is -2.06. The van der Waals surface area contributed by atoms with Gasteiger partial charge in [0.25, 0.3) is 0 Å². The second-order valence-corrected chi connectivity index (χ2v) is 10.3. The van der Waals surface area contributed by atoms with E-state index in [4.69, 9.17) is 14.3 Å². The van der Waals surface area contributed by atoms with Crippen LogP contribution in [0.15, 0.2) is 82.1 Å². The summed E-state index contributed by atoms with van der Waals surface area (Å²) in [6, 6.07) is 21.2. The highest BCUT2D eigenvalue weighted by molar-refractivity contribution is 7.90. The zero-order chi connectivity index (χ0) is 25.3. The largest absolute Gasteiger partial charge is 0.487 e. The summed E-state index contributed by atoms with van der Waals surface area (Å²) in [4.78, 5) is 19.9. The van der Waals surface area contributed by atoms with E-state index in [0.29, 0.717) is 23.3 Å². The Morgan fingerprint density at radius 1 is 1.00 bits per heavy atom. The van der Waals surface area contributed by atoms with E-state index < -0.39 is 21.7 Å². The standard InChI is InChI=1S/C27H22N2O6S/c1-2-18-13-17(14-24-25(18)29-26(35-24)27(30)31)16-36(32,33)22-11-9-21(10-12-22)34-15-20-8-7-19-5-3-4-6-23(19)28-20/h3-14H,2,15-16H2,1H3,(H,30,31). The number of carboxylic acids is 1. The Hall–Kier alpha value is -4.24. The molecule has 3 aromatic carbocycles. The summed E-state index contributed by atoms with van der Waals surface area (Å²) in [6.07, 6.45) is 0.550. The summed E-state index contributed by atoms with van der Waals surface area (Å²) in [5, 5.41) is 10.2. The number of carbonyl (C=O) groups is 1. The van der Waals surface area contributed by atoms with Gasteiger partial charge in [-0.2, -0.15) is 0 Å². The molecule has 2 aromatic heterocycles. The average molecular weight is 503 g/mol. The molecule has 9 heteroatoms. The lowest BCUT2D eigenvalue weighted by Gasteiger charge is -2.09. The van der Waals surface area contributed by atoms with Gasteiger partial charge in [0.05, 0.1) is 21.9 Å². The number of rotatable bonds is 8. The van der Waals surface area contributed by atoms with E-state index in [-0.39, 0.29) is 22.8 Å². The van der Waals surface area contributed by atoms with Crippen LogP contribution in [0.25, 0.3) is 22.0 Å². The van der Waals surface area contributed by atoms with E-state index in [1.807, 2.05) is 43.3 Å². The van der Waals surface area contributed by atoms with Crippen LogP contribution in [0.5, 0.6) is 5.75 Å². The van der Waals surface area contributed by atoms with E-state index in [9.17, 15) is 13.2 Å². The van der Waals surface area contributed by atoms with Gasteiger partial charge in [0, 0.05) is 5.39 Å². The number of ether oxygens (including phenoxy) is 1. The first-order valence-corrected chi connectivity index (χ1v) is 12.9. The highest BCUT2D eigenvalue weighted by Gasteiger charge is 2.20. The Morgan fingerprint density at radius 3 is 2.53 bits per heavy atom. The van der Waals surface area contributed by atoms with Gasteiger partial charge >= 0.3 is 11.9 Å². The van der Waals surface area contributed by atoms with Crippen LogP contribution in [-0.4, -0.2) is 29.5 Å². The lowest BCUT2D eigenvalue weighted by molar-refractivity contribution is 0.0656. The summed E-state index contributed by atoms with van der Waals surface area (Å²) < 4.78 is 37.3.